The molecule has 14 heavy (non-hydrogen) atoms. The number of hydrogen-bond acceptors (Lipinski definition) is 2. The molecule has 0 aliphatic rings. The van der Waals surface area contributed by atoms with Crippen LogP contribution in [-0.4, -0.2) is 16.1 Å². The van der Waals surface area contributed by atoms with E-state index in [2.05, 4.69) is 4.98 Å². The van der Waals surface area contributed by atoms with E-state index >= 15 is 0 Å². The quantitative estimate of drug-likeness (QED) is 0.797. The zero-order chi connectivity index (χ0) is 10.7. The second-order valence-corrected chi connectivity index (χ2v) is 3.46. The van der Waals surface area contributed by atoms with Gasteiger partial charge in [0.15, 0.2) is 0 Å². The largest absolute Gasteiger partial charge is 0.478 e. The number of carboxylic acid groups (broad SMARTS) is 1. The van der Waals surface area contributed by atoms with Gasteiger partial charge in [0.05, 0.1) is 10.0 Å². The average molecular weight is 232 g/mol. The molecule has 1 N–H and O–H groups in total. The molecule has 0 aromatic carbocycles. The summed E-state index contributed by atoms with van der Waals surface area (Å²) in [6.45, 7) is 1.47. The van der Waals surface area contributed by atoms with Gasteiger partial charge in [-0.3, -0.25) is 4.98 Å². The van der Waals surface area contributed by atoms with Gasteiger partial charge in [-0.2, -0.15) is 0 Å². The molecule has 0 amide bonds. The predicted molar refractivity (Wildman–Crippen MR) is 55.5 cm³/mol. The number of halogens is 2. The topological polar surface area (TPSA) is 50.2 Å². The second-order valence-electron chi connectivity index (χ2n) is 2.65. The van der Waals surface area contributed by atoms with E-state index in [0.717, 1.165) is 0 Å². The van der Waals surface area contributed by atoms with Crippen molar-refractivity contribution in [2.75, 3.05) is 0 Å². The Morgan fingerprint density at radius 2 is 1.93 bits per heavy atom. The Morgan fingerprint density at radius 3 is 2.36 bits per heavy atom. The van der Waals surface area contributed by atoms with Gasteiger partial charge in [-0.1, -0.05) is 23.2 Å². The molecule has 0 aliphatic heterocycles. The lowest BCUT2D eigenvalue weighted by Gasteiger charge is -2.01. The monoisotopic (exact) mass is 231 g/mol. The SMILES string of the molecule is C/C(=C\c1c(Cl)cncc1Cl)C(=O)O. The maximum absolute atomic E-state index is 10.6. The fraction of sp³-hybridized carbons (Fsp3) is 0.111. The van der Waals surface area contributed by atoms with Gasteiger partial charge >= 0.3 is 5.97 Å². The van der Waals surface area contributed by atoms with E-state index in [1.807, 2.05) is 0 Å². The number of pyridine rings is 1. The number of nitrogens with zero attached hydrogens (tertiary/aromatic N) is 1. The van der Waals surface area contributed by atoms with E-state index in [4.69, 9.17) is 28.3 Å². The van der Waals surface area contributed by atoms with Crippen molar-refractivity contribution in [1.29, 1.82) is 0 Å². The Hall–Kier alpha value is -1.06. The Balaban J connectivity index is 3.20. The molecule has 0 fully saturated rings. The van der Waals surface area contributed by atoms with Crippen LogP contribution in [0.25, 0.3) is 6.08 Å². The molecule has 74 valence electrons. The van der Waals surface area contributed by atoms with Gasteiger partial charge in [-0.25, -0.2) is 4.79 Å². The van der Waals surface area contributed by atoms with Gasteiger partial charge in [0.1, 0.15) is 0 Å². The minimum Gasteiger partial charge on any atom is -0.478 e. The lowest BCUT2D eigenvalue weighted by Crippen LogP contribution is -1.96. The van der Waals surface area contributed by atoms with E-state index in [1.165, 1.54) is 25.4 Å². The van der Waals surface area contributed by atoms with Crippen molar-refractivity contribution in [3.05, 3.63) is 33.6 Å². The van der Waals surface area contributed by atoms with Crippen molar-refractivity contribution in [2.45, 2.75) is 6.92 Å². The molecule has 1 heterocycles. The molecule has 0 atom stereocenters. The number of carboxylic acids is 1. The standard InChI is InChI=1S/C9H7Cl2NO2/c1-5(9(13)14)2-6-7(10)3-12-4-8(6)11/h2-4H,1H3,(H,13,14)/b5-2+. The van der Waals surface area contributed by atoms with Crippen LogP contribution in [-0.2, 0) is 4.79 Å². The van der Waals surface area contributed by atoms with Crippen LogP contribution in [0.15, 0.2) is 18.0 Å². The van der Waals surface area contributed by atoms with Crippen molar-refractivity contribution in [3.8, 4) is 0 Å². The Bertz CT molecular complexity index is 382. The zero-order valence-corrected chi connectivity index (χ0v) is 8.80. The van der Waals surface area contributed by atoms with Crippen LogP contribution in [0.1, 0.15) is 12.5 Å². The summed E-state index contributed by atoms with van der Waals surface area (Å²) >= 11 is 11.6. The molecule has 0 spiro atoms. The van der Waals surface area contributed by atoms with Gasteiger partial charge in [0.25, 0.3) is 0 Å². The first-order valence-electron chi connectivity index (χ1n) is 3.73. The smallest absolute Gasteiger partial charge is 0.331 e. The molecule has 0 radical (unpaired) electrons. The van der Waals surface area contributed by atoms with E-state index in [-0.39, 0.29) is 5.57 Å². The van der Waals surface area contributed by atoms with E-state index in [1.54, 1.807) is 0 Å². The van der Waals surface area contributed by atoms with Crippen LogP contribution in [0.3, 0.4) is 0 Å². The summed E-state index contributed by atoms with van der Waals surface area (Å²) in [6, 6.07) is 0. The molecule has 1 aromatic rings. The van der Waals surface area contributed by atoms with Crippen LogP contribution in [0, 0.1) is 0 Å². The molecular weight excluding hydrogens is 225 g/mol. The lowest BCUT2D eigenvalue weighted by atomic mass is 10.2. The average Bonchev–Trinajstić information content (AvgIpc) is 2.11. The fourth-order valence-corrected chi connectivity index (χ4v) is 1.31. The van der Waals surface area contributed by atoms with E-state index < -0.39 is 5.97 Å². The molecule has 5 heteroatoms. The fourth-order valence-electron chi connectivity index (χ4n) is 0.837. The van der Waals surface area contributed by atoms with Gasteiger partial charge in [-0.15, -0.1) is 0 Å². The molecule has 1 rings (SSSR count). The number of aliphatic carboxylic acids is 1. The summed E-state index contributed by atoms with van der Waals surface area (Å²) in [6.07, 6.45) is 4.23. The predicted octanol–water partition coefficient (Wildman–Crippen LogP) is 2.88. The molecule has 0 saturated heterocycles. The van der Waals surface area contributed by atoms with Crippen LogP contribution in [0.2, 0.25) is 10.0 Å². The number of rotatable bonds is 2. The summed E-state index contributed by atoms with van der Waals surface area (Å²) in [5.74, 6) is -1.01. The van der Waals surface area contributed by atoms with Gasteiger partial charge in [0.2, 0.25) is 0 Å². The first kappa shape index (κ1) is 11.0. The molecule has 1 aromatic heterocycles. The zero-order valence-electron chi connectivity index (χ0n) is 7.29. The second kappa shape index (κ2) is 4.44. The molecule has 0 bridgehead atoms. The maximum atomic E-state index is 10.6. The maximum Gasteiger partial charge on any atom is 0.331 e. The van der Waals surface area contributed by atoms with E-state index in [9.17, 15) is 4.79 Å². The molecule has 0 unspecified atom stereocenters. The summed E-state index contributed by atoms with van der Waals surface area (Å²) in [5, 5.41) is 9.32. The highest BCUT2D eigenvalue weighted by Crippen LogP contribution is 2.25. The highest BCUT2D eigenvalue weighted by atomic mass is 35.5. The Morgan fingerprint density at radius 1 is 1.43 bits per heavy atom. The van der Waals surface area contributed by atoms with Crippen molar-refractivity contribution < 1.29 is 9.90 Å². The molecule has 0 saturated carbocycles. The molecular formula is C9H7Cl2NO2. The van der Waals surface area contributed by atoms with Crippen LogP contribution in [0.4, 0.5) is 0 Å². The Labute approximate surface area is 91.0 Å². The summed E-state index contributed by atoms with van der Waals surface area (Å²) in [5.41, 5.74) is 0.642. The summed E-state index contributed by atoms with van der Waals surface area (Å²) < 4.78 is 0. The van der Waals surface area contributed by atoms with Crippen LogP contribution in [0.5, 0.6) is 0 Å². The highest BCUT2D eigenvalue weighted by Gasteiger charge is 2.06. The number of hydrogen-bond donors (Lipinski definition) is 1. The summed E-state index contributed by atoms with van der Waals surface area (Å²) in [4.78, 5) is 14.3. The third kappa shape index (κ3) is 2.47. The third-order valence-electron chi connectivity index (χ3n) is 1.59. The van der Waals surface area contributed by atoms with Crippen LogP contribution >= 0.6 is 23.2 Å². The van der Waals surface area contributed by atoms with E-state index in [0.29, 0.717) is 15.6 Å². The Kier molecular flexibility index (Phi) is 3.49. The van der Waals surface area contributed by atoms with Crippen molar-refractivity contribution >= 4 is 35.2 Å². The highest BCUT2D eigenvalue weighted by molar-refractivity contribution is 6.37. The minimum atomic E-state index is -1.01. The lowest BCUT2D eigenvalue weighted by molar-refractivity contribution is -0.132. The molecule has 0 aliphatic carbocycles. The normalized spacial score (nSPS) is 11.5. The van der Waals surface area contributed by atoms with Gasteiger partial charge in [0, 0.05) is 23.5 Å². The summed E-state index contributed by atoms with van der Waals surface area (Å²) in [7, 11) is 0. The van der Waals surface area contributed by atoms with Crippen molar-refractivity contribution in [2.24, 2.45) is 0 Å². The van der Waals surface area contributed by atoms with Crippen LogP contribution < -0.4 is 0 Å². The van der Waals surface area contributed by atoms with Crippen molar-refractivity contribution in [1.82, 2.24) is 4.98 Å². The van der Waals surface area contributed by atoms with Gasteiger partial charge in [-0.05, 0) is 13.0 Å². The first-order chi connectivity index (χ1) is 6.52. The molecule has 3 nitrogen and oxygen atoms in total. The van der Waals surface area contributed by atoms with Crippen molar-refractivity contribution in [3.63, 3.8) is 0 Å². The first-order valence-corrected chi connectivity index (χ1v) is 4.48. The minimum absolute atomic E-state index is 0.167. The number of carbonyl (C=O) groups is 1. The van der Waals surface area contributed by atoms with Gasteiger partial charge < -0.3 is 5.11 Å². The number of aromatic nitrogens is 1. The third-order valence-corrected chi connectivity index (χ3v) is 2.19.